The Bertz CT molecular complexity index is 892. The Labute approximate surface area is 127 Å². The first-order chi connectivity index (χ1) is 10.6. The van der Waals surface area contributed by atoms with Crippen molar-refractivity contribution in [3.63, 3.8) is 0 Å². The van der Waals surface area contributed by atoms with Crippen molar-refractivity contribution in [3.8, 4) is 0 Å². The van der Waals surface area contributed by atoms with Crippen molar-refractivity contribution < 1.29 is 56.1 Å². The fraction of sp³-hybridized carbons (Fsp3) is 0.125. The smallest absolute Gasteiger partial charge is 0.344 e. The lowest BCUT2D eigenvalue weighted by Crippen LogP contribution is -2.31. The molecule has 6 nitrogen and oxygen atoms in total. The van der Waals surface area contributed by atoms with Crippen molar-refractivity contribution in [1.82, 2.24) is 0 Å². The largest absolute Gasteiger partial charge is 0.534 e. The van der Waals surface area contributed by atoms with Gasteiger partial charge < -0.3 is 4.18 Å². The maximum atomic E-state index is 13.3. The number of hydrogen-bond acceptors (Lipinski definition) is 6. The quantitative estimate of drug-likeness (QED) is 0.118. The first-order valence-electron chi connectivity index (χ1n) is 4.91. The lowest BCUT2D eigenvalue weighted by Gasteiger charge is -2.12. The molecule has 0 aromatic heterocycles. The predicted octanol–water partition coefficient (Wildman–Crippen LogP) is 1.96. The number of hydrogen-bond donors (Lipinski definition) is 1. The maximum Gasteiger partial charge on any atom is 0.534 e. The van der Waals surface area contributed by atoms with Crippen molar-refractivity contribution in [2.24, 2.45) is 0 Å². The van der Waals surface area contributed by atoms with E-state index in [0.717, 1.165) is 0 Å². The van der Waals surface area contributed by atoms with Crippen molar-refractivity contribution in [2.75, 3.05) is 0 Å². The number of sulfone groups is 1. The summed E-state index contributed by atoms with van der Waals surface area (Å²) >= 11 is 0. The van der Waals surface area contributed by atoms with E-state index in [-0.39, 0.29) is 0 Å². The molecule has 0 amide bonds. The summed E-state index contributed by atoms with van der Waals surface area (Å²) < 4.78 is 148. The molecule has 0 unspecified atom stereocenters. The highest BCUT2D eigenvalue weighted by Gasteiger charge is 2.51. The maximum absolute atomic E-state index is 13.3. The average molecular weight is 407 g/mol. The van der Waals surface area contributed by atoms with Gasteiger partial charge in [-0.2, -0.15) is 21.6 Å². The van der Waals surface area contributed by atoms with Crippen LogP contribution in [0.1, 0.15) is 0 Å². The van der Waals surface area contributed by atoms with E-state index in [1.807, 2.05) is 0 Å². The second-order valence-corrected chi connectivity index (χ2v) is 7.00. The molecule has 0 aliphatic rings. The zero-order chi connectivity index (χ0) is 19.2. The summed E-state index contributed by atoms with van der Waals surface area (Å²) in [6, 6.07) is 0. The van der Waals surface area contributed by atoms with Crippen LogP contribution in [0.15, 0.2) is 4.90 Å². The van der Waals surface area contributed by atoms with E-state index in [2.05, 4.69) is 4.18 Å². The fourth-order valence-corrected chi connectivity index (χ4v) is 2.86. The van der Waals surface area contributed by atoms with Crippen LogP contribution in [0.3, 0.4) is 0 Å². The lowest BCUT2D eigenvalue weighted by atomic mass is 10.3. The first kappa shape index (κ1) is 20.1. The van der Waals surface area contributed by atoms with E-state index in [9.17, 15) is 52.0 Å². The summed E-state index contributed by atoms with van der Waals surface area (Å²) in [5.74, 6) is -14.4. The third-order valence-electron chi connectivity index (χ3n) is 2.15. The Hall–Kier alpha value is -1.97. The van der Waals surface area contributed by atoms with Gasteiger partial charge in [-0.25, -0.2) is 30.4 Å². The molecular weight excluding hydrogens is 406 g/mol. The van der Waals surface area contributed by atoms with Crippen LogP contribution in [0.2, 0.25) is 0 Å². The molecule has 0 saturated heterocycles. The molecule has 1 aromatic carbocycles. The van der Waals surface area contributed by atoms with E-state index in [0.29, 0.717) is 0 Å². The Morgan fingerprint density at radius 1 is 0.792 bits per heavy atom. The monoisotopic (exact) mass is 407 g/mol. The molecule has 0 fully saturated rings. The van der Waals surface area contributed by atoms with Crippen molar-refractivity contribution in [1.29, 1.82) is 5.41 Å². The normalized spacial score (nSPS) is 13.0. The summed E-state index contributed by atoms with van der Waals surface area (Å²) in [5, 5.41) is 3.66. The molecule has 0 aliphatic carbocycles. The van der Waals surface area contributed by atoms with Crippen molar-refractivity contribution >= 4 is 25.2 Å². The summed E-state index contributed by atoms with van der Waals surface area (Å²) in [5.41, 5.74) is -6.23. The predicted molar refractivity (Wildman–Crippen MR) is 57.2 cm³/mol. The van der Waals surface area contributed by atoms with Gasteiger partial charge in [0, 0.05) is 0 Å². The first-order valence-corrected chi connectivity index (χ1v) is 7.80. The second-order valence-electron chi connectivity index (χ2n) is 3.67. The van der Waals surface area contributed by atoms with Crippen LogP contribution < -0.4 is 0 Å². The third kappa shape index (κ3) is 3.14. The van der Waals surface area contributed by atoms with Crippen LogP contribution in [-0.2, 0) is 24.1 Å². The molecule has 1 aromatic rings. The lowest BCUT2D eigenvalue weighted by molar-refractivity contribution is -0.0503. The minimum atomic E-state index is -6.75. The van der Waals surface area contributed by atoms with Gasteiger partial charge in [-0.3, -0.25) is 5.41 Å². The third-order valence-corrected chi connectivity index (χ3v) is 4.68. The standard InChI is InChI=1S/C8HF8NO5S2/c9-1-2(10)4(12)6(5(13)3(1)11)23(18,19)7(17)22-24(20,21)8(14,15)16/h17H. The van der Waals surface area contributed by atoms with Crippen molar-refractivity contribution in [3.05, 3.63) is 29.1 Å². The zero-order valence-electron chi connectivity index (χ0n) is 10.4. The molecule has 16 heteroatoms. The van der Waals surface area contributed by atoms with Crippen LogP contribution in [-0.4, -0.2) is 27.6 Å². The van der Waals surface area contributed by atoms with Gasteiger partial charge in [0.25, 0.3) is 9.84 Å². The Balaban J connectivity index is 3.56. The summed E-state index contributed by atoms with van der Waals surface area (Å²) in [6.07, 6.45) is 0. The molecule has 0 aliphatic heterocycles. The molecule has 0 atom stereocenters. The zero-order valence-corrected chi connectivity index (χ0v) is 12.0. The minimum Gasteiger partial charge on any atom is -0.344 e. The fourth-order valence-electron chi connectivity index (χ4n) is 1.11. The van der Waals surface area contributed by atoms with Gasteiger partial charge in [0.15, 0.2) is 28.2 Å². The van der Waals surface area contributed by atoms with Gasteiger partial charge >= 0.3 is 20.9 Å². The summed E-state index contributed by atoms with van der Waals surface area (Å²) in [7, 11) is -13.0. The Kier molecular flexibility index (Phi) is 4.88. The number of rotatable bonds is 2. The van der Waals surface area contributed by atoms with E-state index in [4.69, 9.17) is 5.41 Å². The summed E-state index contributed by atoms with van der Waals surface area (Å²) in [6.45, 7) is 0. The molecule has 1 rings (SSSR count). The minimum absolute atomic E-state index is 2.75. The van der Waals surface area contributed by atoms with Crippen LogP contribution in [0, 0.1) is 34.5 Å². The number of alkyl halides is 3. The number of nitrogens with one attached hydrogen (secondary N) is 1. The SMILES string of the molecule is N=C(OS(=O)(=O)C(F)(F)F)S(=O)(=O)c1c(F)c(F)c(F)c(F)c1F. The van der Waals surface area contributed by atoms with Gasteiger partial charge in [-0.15, -0.1) is 0 Å². The summed E-state index contributed by atoms with van der Waals surface area (Å²) in [4.78, 5) is -2.75. The molecule has 0 spiro atoms. The topological polar surface area (TPSA) is 101 Å². The van der Waals surface area contributed by atoms with Crippen LogP contribution in [0.5, 0.6) is 0 Å². The molecular formula is C8HF8NO5S2. The Morgan fingerprint density at radius 3 is 1.46 bits per heavy atom. The highest BCUT2D eigenvalue weighted by molar-refractivity contribution is 8.07. The van der Waals surface area contributed by atoms with Gasteiger partial charge in [0.2, 0.25) is 5.82 Å². The van der Waals surface area contributed by atoms with E-state index in [1.165, 1.54) is 0 Å². The van der Waals surface area contributed by atoms with E-state index in [1.54, 1.807) is 0 Å². The molecule has 0 saturated carbocycles. The van der Waals surface area contributed by atoms with E-state index >= 15 is 0 Å². The van der Waals surface area contributed by atoms with Gasteiger partial charge in [-0.1, -0.05) is 0 Å². The van der Waals surface area contributed by atoms with Gasteiger partial charge in [0.05, 0.1) is 0 Å². The molecule has 136 valence electrons. The average Bonchev–Trinajstić information content (AvgIpc) is 2.41. The molecule has 1 N–H and O–H groups in total. The molecule has 0 radical (unpaired) electrons. The van der Waals surface area contributed by atoms with E-state index < -0.39 is 64.7 Å². The molecule has 24 heavy (non-hydrogen) atoms. The highest BCUT2D eigenvalue weighted by atomic mass is 32.2. The van der Waals surface area contributed by atoms with Crippen LogP contribution in [0.25, 0.3) is 0 Å². The number of halogens is 8. The Morgan fingerprint density at radius 2 is 1.12 bits per heavy atom. The second kappa shape index (κ2) is 5.83. The molecule has 0 bridgehead atoms. The highest BCUT2D eigenvalue weighted by Crippen LogP contribution is 2.30. The number of benzene rings is 1. The van der Waals surface area contributed by atoms with Gasteiger partial charge in [-0.05, 0) is 0 Å². The van der Waals surface area contributed by atoms with Crippen LogP contribution in [0.4, 0.5) is 35.1 Å². The molecule has 0 heterocycles. The van der Waals surface area contributed by atoms with Crippen LogP contribution >= 0.6 is 0 Å². The van der Waals surface area contributed by atoms with Gasteiger partial charge in [0.1, 0.15) is 0 Å². The van der Waals surface area contributed by atoms with Crippen molar-refractivity contribution in [2.45, 2.75) is 10.4 Å².